The highest BCUT2D eigenvalue weighted by atomic mass is 19.4. The lowest BCUT2D eigenvalue weighted by molar-refractivity contribution is 0.437. The summed E-state index contributed by atoms with van der Waals surface area (Å²) in [5.41, 5.74) is 0. The SMILES string of the molecule is F[B-](F)(F)CCB1C2CCCC1CCC2. The zero-order chi connectivity index (χ0) is 10.9. The Kier molecular flexibility index (Phi) is 3.36. The fourth-order valence-electron chi connectivity index (χ4n) is 3.67. The maximum absolute atomic E-state index is 12.2. The van der Waals surface area contributed by atoms with Crippen molar-refractivity contribution < 1.29 is 12.9 Å². The lowest BCUT2D eigenvalue weighted by Crippen LogP contribution is -2.35. The minimum absolute atomic E-state index is 0.399. The van der Waals surface area contributed by atoms with Crippen molar-refractivity contribution in [2.75, 3.05) is 0 Å². The average Bonchev–Trinajstić information content (AvgIpc) is 2.12. The Morgan fingerprint density at radius 3 is 1.80 bits per heavy atom. The molecule has 0 spiro atoms. The number of halogens is 3. The van der Waals surface area contributed by atoms with Gasteiger partial charge < -0.3 is 12.9 Å². The first-order valence-electron chi connectivity index (χ1n) is 6.27. The molecule has 0 aliphatic carbocycles. The zero-order valence-electron chi connectivity index (χ0n) is 9.10. The molecule has 0 aromatic heterocycles. The second kappa shape index (κ2) is 4.42. The van der Waals surface area contributed by atoms with E-state index in [0.717, 1.165) is 0 Å². The van der Waals surface area contributed by atoms with Crippen LogP contribution in [-0.2, 0) is 0 Å². The highest BCUT2D eigenvalue weighted by Crippen LogP contribution is 2.48. The summed E-state index contributed by atoms with van der Waals surface area (Å²) in [7, 11) is 0. The third-order valence-electron chi connectivity index (χ3n) is 4.34. The fraction of sp³-hybridized carbons (Fsp3) is 1.00. The van der Waals surface area contributed by atoms with Crippen molar-refractivity contribution in [2.45, 2.75) is 62.8 Å². The minimum Gasteiger partial charge on any atom is -0.449 e. The van der Waals surface area contributed by atoms with Crippen molar-refractivity contribution in [3.63, 3.8) is 0 Å². The predicted molar refractivity (Wildman–Crippen MR) is 59.6 cm³/mol. The highest BCUT2D eigenvalue weighted by molar-refractivity contribution is 6.66. The molecule has 2 heterocycles. The van der Waals surface area contributed by atoms with Crippen LogP contribution in [0.15, 0.2) is 0 Å². The Morgan fingerprint density at radius 2 is 1.40 bits per heavy atom. The Morgan fingerprint density at radius 1 is 0.933 bits per heavy atom. The maximum Gasteiger partial charge on any atom is 0.477 e. The Balaban J connectivity index is 1.89. The van der Waals surface area contributed by atoms with E-state index in [-0.39, 0.29) is 0 Å². The molecule has 2 fully saturated rings. The Labute approximate surface area is 90.1 Å². The zero-order valence-corrected chi connectivity index (χ0v) is 9.10. The van der Waals surface area contributed by atoms with Crippen LogP contribution in [0.3, 0.4) is 0 Å². The van der Waals surface area contributed by atoms with Crippen LogP contribution in [0.5, 0.6) is 0 Å². The summed E-state index contributed by atoms with van der Waals surface area (Å²) in [4.78, 5) is 0. The molecule has 5 heteroatoms. The molecule has 0 saturated carbocycles. The van der Waals surface area contributed by atoms with E-state index in [1.165, 1.54) is 38.5 Å². The van der Waals surface area contributed by atoms with Crippen LogP contribution in [0.2, 0.25) is 24.3 Å². The number of hydrogen-bond donors (Lipinski definition) is 0. The lowest BCUT2D eigenvalue weighted by atomic mass is 9.25. The van der Waals surface area contributed by atoms with Gasteiger partial charge in [-0.1, -0.05) is 62.8 Å². The molecule has 0 amide bonds. The summed E-state index contributed by atoms with van der Waals surface area (Å²) in [6.07, 6.45) is 7.17. The second-order valence-corrected chi connectivity index (χ2v) is 5.33. The quantitative estimate of drug-likeness (QED) is 0.613. The molecule has 15 heavy (non-hydrogen) atoms. The first-order valence-corrected chi connectivity index (χ1v) is 6.27. The molecule has 0 N–H and O–H groups in total. The summed E-state index contributed by atoms with van der Waals surface area (Å²) in [5.74, 6) is 1.24. The van der Waals surface area contributed by atoms with E-state index in [2.05, 4.69) is 0 Å². The van der Waals surface area contributed by atoms with E-state index < -0.39 is 13.3 Å². The van der Waals surface area contributed by atoms with Gasteiger partial charge in [0.05, 0.1) is 0 Å². The van der Waals surface area contributed by atoms with Gasteiger partial charge in [0, 0.05) is 0 Å². The molecule has 0 unspecified atom stereocenters. The van der Waals surface area contributed by atoms with E-state index in [1.807, 2.05) is 0 Å². The summed E-state index contributed by atoms with van der Waals surface area (Å²) in [6, 6.07) is 0. The molecule has 0 aromatic carbocycles. The third kappa shape index (κ3) is 2.94. The van der Waals surface area contributed by atoms with Crippen molar-refractivity contribution in [1.29, 1.82) is 0 Å². The van der Waals surface area contributed by atoms with Crippen LogP contribution in [0.4, 0.5) is 12.9 Å². The summed E-state index contributed by atoms with van der Waals surface area (Å²) in [6.45, 7) is -4.15. The van der Waals surface area contributed by atoms with Crippen molar-refractivity contribution in [1.82, 2.24) is 0 Å². The van der Waals surface area contributed by atoms with Gasteiger partial charge in [-0.05, 0) is 0 Å². The van der Waals surface area contributed by atoms with Gasteiger partial charge in [-0.3, -0.25) is 0 Å². The molecule has 2 rings (SSSR count). The van der Waals surface area contributed by atoms with E-state index in [1.54, 1.807) is 0 Å². The molecule has 86 valence electrons. The standard InChI is InChI=1S/C10H18B2F3/c13-12(14,15)8-7-11-9-3-1-4-10(11)6-2-5-9/h9-10H,1-8H2/q-1. The van der Waals surface area contributed by atoms with E-state index in [9.17, 15) is 12.9 Å². The molecule has 0 atom stereocenters. The van der Waals surface area contributed by atoms with E-state index in [4.69, 9.17) is 0 Å². The first kappa shape index (κ1) is 11.4. The third-order valence-corrected chi connectivity index (χ3v) is 4.34. The minimum atomic E-state index is -4.55. The van der Waals surface area contributed by atoms with Gasteiger partial charge in [-0.2, -0.15) is 0 Å². The maximum atomic E-state index is 12.2. The Hall–Kier alpha value is -0.0801. The van der Waals surface area contributed by atoms with Crippen molar-refractivity contribution in [3.8, 4) is 0 Å². The molecule has 2 saturated heterocycles. The largest absolute Gasteiger partial charge is 0.477 e. The van der Waals surface area contributed by atoms with Gasteiger partial charge in [0.15, 0.2) is 0 Å². The Bertz CT molecular complexity index is 195. The highest BCUT2D eigenvalue weighted by Gasteiger charge is 2.39. The monoisotopic (exact) mass is 217 g/mol. The van der Waals surface area contributed by atoms with Crippen molar-refractivity contribution in [2.24, 2.45) is 0 Å². The number of hydrogen-bond acceptors (Lipinski definition) is 0. The van der Waals surface area contributed by atoms with Gasteiger partial charge in [0.1, 0.15) is 6.71 Å². The number of rotatable bonds is 3. The van der Waals surface area contributed by atoms with Gasteiger partial charge in [0.25, 0.3) is 0 Å². The average molecular weight is 217 g/mol. The topological polar surface area (TPSA) is 0 Å². The van der Waals surface area contributed by atoms with Crippen molar-refractivity contribution >= 4 is 13.7 Å². The predicted octanol–water partition coefficient (Wildman–Crippen LogP) is 4.44. The molecular weight excluding hydrogens is 199 g/mol. The molecule has 0 aromatic rings. The lowest BCUT2D eigenvalue weighted by Gasteiger charge is -2.41. The van der Waals surface area contributed by atoms with Crippen molar-refractivity contribution in [3.05, 3.63) is 0 Å². The first-order chi connectivity index (χ1) is 7.06. The van der Waals surface area contributed by atoms with Gasteiger partial charge in [-0.15, -0.1) is 0 Å². The van der Waals surface area contributed by atoms with Gasteiger partial charge in [0.2, 0.25) is 0 Å². The van der Waals surface area contributed by atoms with Gasteiger partial charge in [-0.25, -0.2) is 0 Å². The normalized spacial score (nSPS) is 31.8. The van der Waals surface area contributed by atoms with E-state index in [0.29, 0.717) is 24.7 Å². The van der Waals surface area contributed by atoms with Gasteiger partial charge >= 0.3 is 6.98 Å². The summed E-state index contributed by atoms with van der Waals surface area (Å²) >= 11 is 0. The second-order valence-electron chi connectivity index (χ2n) is 5.33. The molecule has 2 aliphatic rings. The number of fused-ring (bicyclic) bond motifs is 2. The molecule has 0 radical (unpaired) electrons. The van der Waals surface area contributed by atoms with E-state index >= 15 is 0 Å². The molecule has 2 aliphatic heterocycles. The summed E-state index contributed by atoms with van der Waals surface area (Å²) < 4.78 is 36.7. The van der Waals surface area contributed by atoms with Crippen LogP contribution in [0, 0.1) is 0 Å². The van der Waals surface area contributed by atoms with Crippen LogP contribution >= 0.6 is 0 Å². The molecule has 0 nitrogen and oxygen atoms in total. The van der Waals surface area contributed by atoms with Crippen LogP contribution in [-0.4, -0.2) is 13.7 Å². The van der Waals surface area contributed by atoms with Crippen LogP contribution in [0.1, 0.15) is 38.5 Å². The molecule has 2 bridgehead atoms. The van der Waals surface area contributed by atoms with Crippen LogP contribution < -0.4 is 0 Å². The van der Waals surface area contributed by atoms with Crippen LogP contribution in [0.25, 0.3) is 0 Å². The fourth-order valence-corrected chi connectivity index (χ4v) is 3.67. The molecular formula is C10H18B2F3-. The smallest absolute Gasteiger partial charge is 0.449 e. The summed E-state index contributed by atoms with van der Waals surface area (Å²) in [5, 5.41) is 0.